The molecule has 6 heteroatoms. The molecular formula is C17H21N3O2S. The number of furan rings is 1. The van der Waals surface area contributed by atoms with E-state index in [0.29, 0.717) is 5.69 Å². The summed E-state index contributed by atoms with van der Waals surface area (Å²) in [4.78, 5) is 19.4. The number of hydrogen-bond donors (Lipinski definition) is 1. The van der Waals surface area contributed by atoms with Crippen molar-refractivity contribution in [3.8, 4) is 10.8 Å². The molecule has 1 N–H and O–H groups in total. The second kappa shape index (κ2) is 6.09. The number of aryl methyl sites for hydroxylation is 1. The van der Waals surface area contributed by atoms with Gasteiger partial charge in [0.25, 0.3) is 5.91 Å². The fourth-order valence-electron chi connectivity index (χ4n) is 3.15. The molecule has 2 fully saturated rings. The van der Waals surface area contributed by atoms with Crippen LogP contribution in [-0.4, -0.2) is 41.0 Å². The van der Waals surface area contributed by atoms with Crippen LogP contribution < -0.4 is 5.32 Å². The number of amides is 1. The van der Waals surface area contributed by atoms with E-state index < -0.39 is 0 Å². The monoisotopic (exact) mass is 331 g/mol. The van der Waals surface area contributed by atoms with Crippen LogP contribution in [0, 0.1) is 6.92 Å². The maximum Gasteiger partial charge on any atom is 0.270 e. The minimum Gasteiger partial charge on any atom is -0.459 e. The molecule has 0 spiro atoms. The van der Waals surface area contributed by atoms with Gasteiger partial charge in [0.05, 0.1) is 0 Å². The van der Waals surface area contributed by atoms with E-state index >= 15 is 0 Å². The summed E-state index contributed by atoms with van der Waals surface area (Å²) in [6.07, 6.45) is 4.78. The van der Waals surface area contributed by atoms with Crippen LogP contribution in [0.4, 0.5) is 0 Å². The summed E-state index contributed by atoms with van der Waals surface area (Å²) in [5.74, 6) is 1.51. The summed E-state index contributed by atoms with van der Waals surface area (Å²) >= 11 is 1.44. The molecule has 0 unspecified atom stereocenters. The Labute approximate surface area is 139 Å². The third kappa shape index (κ3) is 3.33. The molecule has 2 aliphatic rings. The number of rotatable bonds is 4. The number of piperidine rings is 1. The van der Waals surface area contributed by atoms with Crippen LogP contribution >= 0.6 is 11.3 Å². The standard InChI is InChI=1S/C17H21N3O2S/c1-11-2-5-15(22-11)17-19-14(10-23-17)16(21)18-12-6-8-20(9-7-12)13-3-4-13/h2,5,10,12-13H,3-4,6-9H2,1H3,(H,18,21). The molecule has 0 bridgehead atoms. The molecule has 1 saturated heterocycles. The van der Waals surface area contributed by atoms with Crippen LogP contribution in [0.5, 0.6) is 0 Å². The molecule has 0 aromatic carbocycles. The van der Waals surface area contributed by atoms with Crippen molar-refractivity contribution in [2.24, 2.45) is 0 Å². The van der Waals surface area contributed by atoms with E-state index in [4.69, 9.17) is 4.42 Å². The smallest absolute Gasteiger partial charge is 0.270 e. The van der Waals surface area contributed by atoms with Gasteiger partial charge in [0.2, 0.25) is 0 Å². The molecule has 1 aliphatic heterocycles. The third-order valence-electron chi connectivity index (χ3n) is 4.62. The average Bonchev–Trinajstić information content (AvgIpc) is 3.11. The lowest BCUT2D eigenvalue weighted by Crippen LogP contribution is -2.45. The maximum atomic E-state index is 12.4. The van der Waals surface area contributed by atoms with Crippen molar-refractivity contribution < 1.29 is 9.21 Å². The Bertz CT molecular complexity index is 696. The van der Waals surface area contributed by atoms with Gasteiger partial charge < -0.3 is 14.6 Å². The predicted molar refractivity (Wildman–Crippen MR) is 89.6 cm³/mol. The highest BCUT2D eigenvalue weighted by Crippen LogP contribution is 2.29. The zero-order valence-electron chi connectivity index (χ0n) is 13.2. The molecule has 1 saturated carbocycles. The minimum atomic E-state index is -0.0688. The quantitative estimate of drug-likeness (QED) is 0.935. The normalized spacial score (nSPS) is 19.9. The molecule has 5 nitrogen and oxygen atoms in total. The van der Waals surface area contributed by atoms with Crippen molar-refractivity contribution in [1.29, 1.82) is 0 Å². The molecule has 2 aromatic heterocycles. The van der Waals surface area contributed by atoms with Crippen LogP contribution in [0.2, 0.25) is 0 Å². The van der Waals surface area contributed by atoms with Gasteiger partial charge in [-0.2, -0.15) is 0 Å². The number of thiazole rings is 1. The molecular weight excluding hydrogens is 310 g/mol. The van der Waals surface area contributed by atoms with E-state index in [9.17, 15) is 4.79 Å². The molecule has 3 heterocycles. The molecule has 2 aromatic rings. The van der Waals surface area contributed by atoms with Gasteiger partial charge in [0.15, 0.2) is 10.8 Å². The predicted octanol–water partition coefficient (Wildman–Crippen LogP) is 3.07. The Balaban J connectivity index is 1.35. The number of carbonyl (C=O) groups excluding carboxylic acids is 1. The lowest BCUT2D eigenvalue weighted by atomic mass is 10.0. The topological polar surface area (TPSA) is 58.4 Å². The Hall–Kier alpha value is -1.66. The van der Waals surface area contributed by atoms with Crippen LogP contribution in [0.25, 0.3) is 10.8 Å². The Kier molecular flexibility index (Phi) is 3.95. The summed E-state index contributed by atoms with van der Waals surface area (Å²) in [5, 5.41) is 5.70. The number of carbonyl (C=O) groups is 1. The number of hydrogen-bond acceptors (Lipinski definition) is 5. The Morgan fingerprint density at radius 2 is 2.09 bits per heavy atom. The van der Waals surface area contributed by atoms with Crippen LogP contribution in [0.15, 0.2) is 21.9 Å². The zero-order chi connectivity index (χ0) is 15.8. The lowest BCUT2D eigenvalue weighted by molar-refractivity contribution is 0.0905. The molecule has 122 valence electrons. The van der Waals surface area contributed by atoms with Gasteiger partial charge in [-0.05, 0) is 44.7 Å². The van der Waals surface area contributed by atoms with Gasteiger partial charge >= 0.3 is 0 Å². The first-order valence-corrected chi connectivity index (χ1v) is 9.14. The van der Waals surface area contributed by atoms with E-state index in [-0.39, 0.29) is 11.9 Å². The summed E-state index contributed by atoms with van der Waals surface area (Å²) in [6.45, 7) is 4.10. The second-order valence-corrected chi connectivity index (χ2v) is 7.32. The highest BCUT2D eigenvalue weighted by atomic mass is 32.1. The molecule has 1 amide bonds. The van der Waals surface area contributed by atoms with Crippen molar-refractivity contribution in [1.82, 2.24) is 15.2 Å². The van der Waals surface area contributed by atoms with Crippen molar-refractivity contribution in [3.63, 3.8) is 0 Å². The van der Waals surface area contributed by atoms with E-state index in [2.05, 4.69) is 15.2 Å². The van der Waals surface area contributed by atoms with Gasteiger partial charge in [0.1, 0.15) is 11.5 Å². The Morgan fingerprint density at radius 1 is 1.30 bits per heavy atom. The fraction of sp³-hybridized carbons (Fsp3) is 0.529. The lowest BCUT2D eigenvalue weighted by Gasteiger charge is -2.32. The Morgan fingerprint density at radius 3 is 2.74 bits per heavy atom. The number of aromatic nitrogens is 1. The number of nitrogens with zero attached hydrogens (tertiary/aromatic N) is 2. The van der Waals surface area contributed by atoms with Crippen LogP contribution in [0.1, 0.15) is 41.9 Å². The van der Waals surface area contributed by atoms with Gasteiger partial charge in [-0.15, -0.1) is 11.3 Å². The number of likely N-dealkylation sites (tertiary alicyclic amines) is 1. The first-order valence-electron chi connectivity index (χ1n) is 8.26. The molecule has 4 rings (SSSR count). The van der Waals surface area contributed by atoms with Crippen molar-refractivity contribution in [2.75, 3.05) is 13.1 Å². The number of nitrogens with one attached hydrogen (secondary N) is 1. The van der Waals surface area contributed by atoms with Crippen LogP contribution in [0.3, 0.4) is 0 Å². The second-order valence-electron chi connectivity index (χ2n) is 6.46. The summed E-state index contributed by atoms with van der Waals surface area (Å²) in [5.41, 5.74) is 0.490. The van der Waals surface area contributed by atoms with Gasteiger partial charge in [-0.1, -0.05) is 0 Å². The molecule has 23 heavy (non-hydrogen) atoms. The van der Waals surface area contributed by atoms with E-state index in [1.165, 1.54) is 24.2 Å². The first kappa shape index (κ1) is 14.9. The first-order chi connectivity index (χ1) is 11.2. The maximum absolute atomic E-state index is 12.4. The van der Waals surface area contributed by atoms with Crippen molar-refractivity contribution in [3.05, 3.63) is 29.0 Å². The SMILES string of the molecule is Cc1ccc(-c2nc(C(=O)NC3CCN(C4CC4)CC3)cs2)o1. The third-order valence-corrected chi connectivity index (χ3v) is 5.47. The summed E-state index contributed by atoms with van der Waals surface area (Å²) in [7, 11) is 0. The van der Waals surface area contributed by atoms with E-state index in [1.807, 2.05) is 24.4 Å². The summed E-state index contributed by atoms with van der Waals surface area (Å²) in [6, 6.07) is 4.89. The molecule has 1 aliphatic carbocycles. The largest absolute Gasteiger partial charge is 0.459 e. The summed E-state index contributed by atoms with van der Waals surface area (Å²) < 4.78 is 5.56. The minimum absolute atomic E-state index is 0.0688. The van der Waals surface area contributed by atoms with Crippen molar-refractivity contribution in [2.45, 2.75) is 44.7 Å². The van der Waals surface area contributed by atoms with Gasteiger partial charge in [0, 0.05) is 30.6 Å². The highest BCUT2D eigenvalue weighted by molar-refractivity contribution is 7.13. The van der Waals surface area contributed by atoms with E-state index in [1.54, 1.807) is 0 Å². The van der Waals surface area contributed by atoms with Gasteiger partial charge in [-0.25, -0.2) is 4.98 Å². The average molecular weight is 331 g/mol. The van der Waals surface area contributed by atoms with Gasteiger partial charge in [-0.3, -0.25) is 4.79 Å². The fourth-order valence-corrected chi connectivity index (χ4v) is 3.91. The zero-order valence-corrected chi connectivity index (χ0v) is 14.1. The highest BCUT2D eigenvalue weighted by Gasteiger charge is 2.32. The van der Waals surface area contributed by atoms with Crippen LogP contribution in [-0.2, 0) is 0 Å². The van der Waals surface area contributed by atoms with Crippen molar-refractivity contribution >= 4 is 17.2 Å². The molecule has 0 radical (unpaired) electrons. The van der Waals surface area contributed by atoms with E-state index in [0.717, 1.165) is 48.5 Å². The molecule has 0 atom stereocenters.